The topological polar surface area (TPSA) is 109 Å². The van der Waals surface area contributed by atoms with Crippen molar-refractivity contribution in [2.75, 3.05) is 27.9 Å². The fourth-order valence-corrected chi connectivity index (χ4v) is 2.63. The van der Waals surface area contributed by atoms with Crippen LogP contribution in [0, 0.1) is 0 Å². The summed E-state index contributed by atoms with van der Waals surface area (Å²) in [6, 6.07) is 7.50. The molecule has 0 amide bonds. The van der Waals surface area contributed by atoms with E-state index < -0.39 is 12.0 Å². The number of aliphatic hydroxyl groups is 2. The van der Waals surface area contributed by atoms with Gasteiger partial charge in [-0.25, -0.2) is 0 Å². The first kappa shape index (κ1) is 18.7. The zero-order chi connectivity index (χ0) is 18.6. The largest absolute Gasteiger partial charge is 0.504 e. The lowest BCUT2D eigenvalue weighted by atomic mass is 9.89. The fraction of sp³-hybridized carbons (Fsp3) is 0.333. The second-order valence-electron chi connectivity index (χ2n) is 5.44. The molecule has 0 spiro atoms. The lowest BCUT2D eigenvalue weighted by molar-refractivity contribution is 0.106. The molecule has 2 aromatic rings. The number of hydrogen-bond donors (Lipinski definition) is 4. The molecule has 2 unspecified atom stereocenters. The first-order chi connectivity index (χ1) is 12.0. The minimum atomic E-state index is -1.08. The molecule has 0 aliphatic rings. The zero-order valence-corrected chi connectivity index (χ0v) is 14.3. The van der Waals surface area contributed by atoms with Gasteiger partial charge in [0.1, 0.15) is 0 Å². The summed E-state index contributed by atoms with van der Waals surface area (Å²) in [5, 5.41) is 40.2. The highest BCUT2D eigenvalue weighted by atomic mass is 16.5. The summed E-state index contributed by atoms with van der Waals surface area (Å²) in [5.41, 5.74) is 0.980. The van der Waals surface area contributed by atoms with E-state index in [1.165, 1.54) is 45.6 Å². The lowest BCUT2D eigenvalue weighted by Gasteiger charge is -2.23. The fourth-order valence-electron chi connectivity index (χ4n) is 2.63. The Morgan fingerprint density at radius 2 is 1.36 bits per heavy atom. The number of methoxy groups -OCH3 is 3. The third kappa shape index (κ3) is 3.72. The zero-order valence-electron chi connectivity index (χ0n) is 14.3. The van der Waals surface area contributed by atoms with Gasteiger partial charge in [-0.2, -0.15) is 0 Å². The molecule has 2 atom stereocenters. The van der Waals surface area contributed by atoms with Gasteiger partial charge in [-0.3, -0.25) is 0 Å². The van der Waals surface area contributed by atoms with Crippen LogP contribution in [0.2, 0.25) is 0 Å². The second kappa shape index (κ2) is 7.96. The molecule has 2 rings (SSSR count). The molecule has 7 heteroatoms. The monoisotopic (exact) mass is 350 g/mol. The minimum absolute atomic E-state index is 0.0491. The highest BCUT2D eigenvalue weighted by Gasteiger charge is 2.26. The average molecular weight is 350 g/mol. The molecule has 0 aromatic heterocycles. The summed E-state index contributed by atoms with van der Waals surface area (Å²) in [6.45, 7) is -0.360. The van der Waals surface area contributed by atoms with Gasteiger partial charge in [-0.05, 0) is 35.4 Å². The van der Waals surface area contributed by atoms with Crippen molar-refractivity contribution in [3.8, 4) is 28.7 Å². The number of rotatable bonds is 7. The molecule has 0 saturated carbocycles. The number of aromatic hydroxyl groups is 2. The Kier molecular flexibility index (Phi) is 5.95. The van der Waals surface area contributed by atoms with Gasteiger partial charge in [0.25, 0.3) is 0 Å². The van der Waals surface area contributed by atoms with Crippen LogP contribution in [0.1, 0.15) is 23.1 Å². The van der Waals surface area contributed by atoms with Crippen LogP contribution in [0.5, 0.6) is 28.7 Å². The Balaban J connectivity index is 2.45. The maximum absolute atomic E-state index is 10.7. The molecule has 7 nitrogen and oxygen atoms in total. The molecule has 25 heavy (non-hydrogen) atoms. The van der Waals surface area contributed by atoms with Crippen molar-refractivity contribution in [2.45, 2.75) is 12.0 Å². The molecule has 2 aromatic carbocycles. The van der Waals surface area contributed by atoms with Gasteiger partial charge in [0.05, 0.1) is 34.0 Å². The predicted molar refractivity (Wildman–Crippen MR) is 90.7 cm³/mol. The second-order valence-corrected chi connectivity index (χ2v) is 5.44. The van der Waals surface area contributed by atoms with Crippen molar-refractivity contribution in [1.29, 1.82) is 0 Å². The quantitative estimate of drug-likeness (QED) is 0.604. The van der Waals surface area contributed by atoms with Gasteiger partial charge in [-0.1, -0.05) is 6.07 Å². The molecule has 0 saturated heterocycles. The van der Waals surface area contributed by atoms with E-state index in [2.05, 4.69) is 0 Å². The molecule has 136 valence electrons. The third-order valence-electron chi connectivity index (χ3n) is 4.05. The van der Waals surface area contributed by atoms with Gasteiger partial charge >= 0.3 is 0 Å². The van der Waals surface area contributed by atoms with Gasteiger partial charge < -0.3 is 34.6 Å². The van der Waals surface area contributed by atoms with E-state index in [0.29, 0.717) is 11.1 Å². The summed E-state index contributed by atoms with van der Waals surface area (Å²) >= 11 is 0. The highest BCUT2D eigenvalue weighted by Crippen LogP contribution is 2.42. The maximum atomic E-state index is 10.7. The molecule has 0 heterocycles. The van der Waals surface area contributed by atoms with E-state index in [-0.39, 0.29) is 35.4 Å². The molecule has 0 radical (unpaired) electrons. The van der Waals surface area contributed by atoms with E-state index in [1.807, 2.05) is 0 Å². The number of phenols is 2. The Morgan fingerprint density at radius 3 is 1.84 bits per heavy atom. The van der Waals surface area contributed by atoms with E-state index in [9.17, 15) is 20.4 Å². The van der Waals surface area contributed by atoms with Crippen LogP contribution in [0.25, 0.3) is 0 Å². The van der Waals surface area contributed by atoms with Gasteiger partial charge in [-0.15, -0.1) is 0 Å². The average Bonchev–Trinajstić information content (AvgIpc) is 2.63. The Bertz CT molecular complexity index is 704. The summed E-state index contributed by atoms with van der Waals surface area (Å²) < 4.78 is 15.3. The summed E-state index contributed by atoms with van der Waals surface area (Å²) in [6.07, 6.45) is -1.08. The summed E-state index contributed by atoms with van der Waals surface area (Å²) in [4.78, 5) is 0. The summed E-state index contributed by atoms with van der Waals surface area (Å²) in [5.74, 6) is -0.364. The third-order valence-corrected chi connectivity index (χ3v) is 4.05. The van der Waals surface area contributed by atoms with Crippen LogP contribution in [-0.4, -0.2) is 48.4 Å². The smallest absolute Gasteiger partial charge is 0.200 e. The van der Waals surface area contributed by atoms with Gasteiger partial charge in [0.2, 0.25) is 5.75 Å². The number of hydrogen-bond acceptors (Lipinski definition) is 7. The first-order valence-corrected chi connectivity index (χ1v) is 7.57. The molecule has 0 aliphatic carbocycles. The van der Waals surface area contributed by atoms with Crippen molar-refractivity contribution >= 4 is 0 Å². The Labute approximate surface area is 145 Å². The van der Waals surface area contributed by atoms with Crippen LogP contribution < -0.4 is 14.2 Å². The van der Waals surface area contributed by atoms with Gasteiger partial charge in [0, 0.05) is 5.92 Å². The van der Waals surface area contributed by atoms with E-state index in [4.69, 9.17) is 14.2 Å². The molecular formula is C18H22O7. The van der Waals surface area contributed by atoms with Crippen molar-refractivity contribution in [2.24, 2.45) is 0 Å². The van der Waals surface area contributed by atoms with Crippen LogP contribution in [0.3, 0.4) is 0 Å². The van der Waals surface area contributed by atoms with Crippen molar-refractivity contribution in [3.63, 3.8) is 0 Å². The van der Waals surface area contributed by atoms with E-state index in [1.54, 1.807) is 6.07 Å². The standard InChI is InChI=1S/C18H22O7/c1-23-14-6-10(4-5-13(14)20)17(21)12(9-19)11-7-15(24-2)18(22)16(8-11)25-3/h4-8,12,17,19-22H,9H2,1-3H3. The SMILES string of the molecule is COc1cc(C(O)C(CO)c2cc(OC)c(O)c(OC)c2)ccc1O. The molecular weight excluding hydrogens is 328 g/mol. The molecule has 0 bridgehead atoms. The van der Waals surface area contributed by atoms with Crippen molar-refractivity contribution in [1.82, 2.24) is 0 Å². The van der Waals surface area contributed by atoms with Crippen molar-refractivity contribution < 1.29 is 34.6 Å². The number of ether oxygens (including phenoxy) is 3. The van der Waals surface area contributed by atoms with E-state index >= 15 is 0 Å². The number of benzene rings is 2. The minimum Gasteiger partial charge on any atom is -0.504 e. The Morgan fingerprint density at radius 1 is 0.840 bits per heavy atom. The first-order valence-electron chi connectivity index (χ1n) is 7.57. The van der Waals surface area contributed by atoms with Crippen LogP contribution in [0.4, 0.5) is 0 Å². The normalized spacial score (nSPS) is 13.2. The highest BCUT2D eigenvalue weighted by molar-refractivity contribution is 5.54. The molecule has 0 fully saturated rings. The predicted octanol–water partition coefficient (Wildman–Crippen LogP) is 1.93. The molecule has 4 N–H and O–H groups in total. The lowest BCUT2D eigenvalue weighted by Crippen LogP contribution is -2.15. The van der Waals surface area contributed by atoms with Crippen LogP contribution in [0.15, 0.2) is 30.3 Å². The van der Waals surface area contributed by atoms with Crippen LogP contribution in [-0.2, 0) is 0 Å². The Hall–Kier alpha value is -2.64. The van der Waals surface area contributed by atoms with Gasteiger partial charge in [0.15, 0.2) is 23.0 Å². The van der Waals surface area contributed by atoms with Crippen molar-refractivity contribution in [3.05, 3.63) is 41.5 Å². The number of aliphatic hydroxyl groups excluding tert-OH is 2. The summed E-state index contributed by atoms with van der Waals surface area (Å²) in [7, 11) is 4.20. The van der Waals surface area contributed by atoms with E-state index in [0.717, 1.165) is 0 Å². The molecule has 0 aliphatic heterocycles. The maximum Gasteiger partial charge on any atom is 0.200 e. The number of phenolic OH excluding ortho intramolecular Hbond substituents is 2. The van der Waals surface area contributed by atoms with Crippen LogP contribution >= 0.6 is 0 Å².